The molecule has 0 aromatic rings. The van der Waals surface area contributed by atoms with Gasteiger partial charge in [0.2, 0.25) is 11.8 Å². The topological polar surface area (TPSA) is 117 Å². The normalized spacial score (nSPS) is 30.9. The van der Waals surface area contributed by atoms with Gasteiger partial charge in [-0.2, -0.15) is 0 Å². The molecule has 0 spiro atoms. The lowest BCUT2D eigenvalue weighted by atomic mass is 9.96. The number of hydrazine groups is 1. The van der Waals surface area contributed by atoms with Crippen LogP contribution >= 0.6 is 24.8 Å². The standard InChI is InChI=1S/C19H33N5O3.2ClH/c1-5-10(2)14(20)18(27)24-9-12-13(19(12,3)4)15(24)17(26)23-22-8-11-6-7-21-16(11)25;;/h10-15,22H,5-9,20H2,1-4H3,(H,21,25)(H,23,26);2*1H/t10-,11-,12-,13-,14-,15-;;/m0../s1. The fourth-order valence-electron chi connectivity index (χ4n) is 4.68. The van der Waals surface area contributed by atoms with E-state index in [9.17, 15) is 14.4 Å². The fraction of sp³-hybridized carbons (Fsp3) is 0.842. The van der Waals surface area contributed by atoms with E-state index in [0.29, 0.717) is 25.6 Å². The second-order valence-corrected chi connectivity index (χ2v) is 8.95. The maximum absolute atomic E-state index is 12.9. The largest absolute Gasteiger partial charge is 0.356 e. The van der Waals surface area contributed by atoms with E-state index in [0.717, 1.165) is 12.8 Å². The van der Waals surface area contributed by atoms with Crippen LogP contribution in [0.25, 0.3) is 0 Å². The summed E-state index contributed by atoms with van der Waals surface area (Å²) in [6, 6.07) is -1.08. The van der Waals surface area contributed by atoms with Crippen LogP contribution in [0.15, 0.2) is 0 Å². The molecule has 0 unspecified atom stereocenters. The highest BCUT2D eigenvalue weighted by atomic mass is 35.5. The van der Waals surface area contributed by atoms with E-state index in [2.05, 4.69) is 30.0 Å². The van der Waals surface area contributed by atoms with E-state index in [1.165, 1.54) is 0 Å². The molecule has 0 radical (unpaired) electrons. The molecule has 3 amide bonds. The van der Waals surface area contributed by atoms with Crippen molar-refractivity contribution in [2.45, 2.75) is 52.6 Å². The third-order valence-electron chi connectivity index (χ3n) is 7.03. The van der Waals surface area contributed by atoms with Crippen LogP contribution in [0.4, 0.5) is 0 Å². The minimum atomic E-state index is -0.582. The molecule has 1 aliphatic carbocycles. The zero-order valence-corrected chi connectivity index (χ0v) is 19.2. The molecule has 0 aromatic carbocycles. The van der Waals surface area contributed by atoms with Crippen LogP contribution in [-0.2, 0) is 14.4 Å². The van der Waals surface area contributed by atoms with Crippen molar-refractivity contribution >= 4 is 42.5 Å². The Bertz CT molecular complexity index is 633. The first kappa shape index (κ1) is 25.9. The quantitative estimate of drug-likeness (QED) is 0.419. The highest BCUT2D eigenvalue weighted by Gasteiger charge is 2.69. The van der Waals surface area contributed by atoms with Gasteiger partial charge in [-0.1, -0.05) is 34.1 Å². The van der Waals surface area contributed by atoms with Crippen molar-refractivity contribution in [2.24, 2.45) is 34.8 Å². The minimum Gasteiger partial charge on any atom is -0.356 e. The number of nitrogens with one attached hydrogen (secondary N) is 3. The van der Waals surface area contributed by atoms with Crippen molar-refractivity contribution in [3.8, 4) is 0 Å². The highest BCUT2D eigenvalue weighted by Crippen LogP contribution is 2.64. The smallest absolute Gasteiger partial charge is 0.257 e. The second-order valence-electron chi connectivity index (χ2n) is 8.95. The Morgan fingerprint density at radius 3 is 2.55 bits per heavy atom. The van der Waals surface area contributed by atoms with E-state index in [1.54, 1.807) is 4.90 Å². The van der Waals surface area contributed by atoms with Crippen molar-refractivity contribution in [3.63, 3.8) is 0 Å². The first-order valence-corrected chi connectivity index (χ1v) is 10.1. The monoisotopic (exact) mass is 451 g/mol. The molecule has 5 N–H and O–H groups in total. The Kier molecular flexibility index (Phi) is 8.78. The SMILES string of the molecule is CC[C@H](C)[C@H](N)C(=O)N1C[C@H]2[C@@H]([C@H]1C(=O)NNC[C@@H]1CCNC1=O)C2(C)C.Cl.Cl. The maximum Gasteiger partial charge on any atom is 0.257 e. The van der Waals surface area contributed by atoms with Gasteiger partial charge < -0.3 is 16.0 Å². The first-order chi connectivity index (χ1) is 12.7. The number of hydrogen-bond donors (Lipinski definition) is 4. The molecule has 6 atom stereocenters. The van der Waals surface area contributed by atoms with Crippen LogP contribution in [0, 0.1) is 29.1 Å². The van der Waals surface area contributed by atoms with Gasteiger partial charge in [0.05, 0.1) is 12.0 Å². The summed E-state index contributed by atoms with van der Waals surface area (Å²) < 4.78 is 0. The number of amides is 3. The van der Waals surface area contributed by atoms with Gasteiger partial charge in [0.1, 0.15) is 6.04 Å². The Morgan fingerprint density at radius 1 is 1.34 bits per heavy atom. The zero-order valence-electron chi connectivity index (χ0n) is 17.6. The summed E-state index contributed by atoms with van der Waals surface area (Å²) in [5.74, 6) is 0.0981. The number of hydrogen-bond acceptors (Lipinski definition) is 5. The molecule has 168 valence electrons. The molecule has 10 heteroatoms. The number of piperidine rings is 1. The van der Waals surface area contributed by atoms with Crippen LogP contribution in [0.1, 0.15) is 40.5 Å². The number of nitrogens with zero attached hydrogens (tertiary/aromatic N) is 1. The Morgan fingerprint density at radius 2 is 2.00 bits per heavy atom. The van der Waals surface area contributed by atoms with Crippen LogP contribution in [0.5, 0.6) is 0 Å². The average molecular weight is 452 g/mol. The van der Waals surface area contributed by atoms with Gasteiger partial charge in [0.25, 0.3) is 5.91 Å². The lowest BCUT2D eigenvalue weighted by Crippen LogP contribution is -2.57. The molecule has 3 fully saturated rings. The van der Waals surface area contributed by atoms with Gasteiger partial charge in [-0.15, -0.1) is 24.8 Å². The van der Waals surface area contributed by atoms with E-state index < -0.39 is 12.1 Å². The van der Waals surface area contributed by atoms with Gasteiger partial charge in [-0.3, -0.25) is 19.8 Å². The summed E-state index contributed by atoms with van der Waals surface area (Å²) in [7, 11) is 0. The second kappa shape index (κ2) is 9.81. The number of carbonyl (C=O) groups is 3. The third kappa shape index (κ3) is 4.81. The summed E-state index contributed by atoms with van der Waals surface area (Å²) in [4.78, 5) is 39.1. The number of nitrogens with two attached hydrogens (primary N) is 1. The van der Waals surface area contributed by atoms with Gasteiger partial charge in [-0.25, -0.2) is 5.43 Å². The predicted molar refractivity (Wildman–Crippen MR) is 115 cm³/mol. The minimum absolute atomic E-state index is 0. The van der Waals surface area contributed by atoms with Crippen molar-refractivity contribution in [3.05, 3.63) is 0 Å². The Labute approximate surface area is 185 Å². The van der Waals surface area contributed by atoms with Crippen molar-refractivity contribution < 1.29 is 14.4 Å². The lowest BCUT2D eigenvalue weighted by molar-refractivity contribution is -0.142. The van der Waals surface area contributed by atoms with Crippen LogP contribution in [0.3, 0.4) is 0 Å². The van der Waals surface area contributed by atoms with E-state index in [1.807, 2.05) is 13.8 Å². The van der Waals surface area contributed by atoms with Crippen molar-refractivity contribution in [1.82, 2.24) is 21.1 Å². The van der Waals surface area contributed by atoms with Crippen LogP contribution < -0.4 is 21.9 Å². The predicted octanol–water partition coefficient (Wildman–Crippen LogP) is 0.443. The zero-order chi connectivity index (χ0) is 19.9. The number of fused-ring (bicyclic) bond motifs is 1. The maximum atomic E-state index is 12.9. The molecule has 1 saturated carbocycles. The summed E-state index contributed by atoms with van der Waals surface area (Å²) in [5, 5.41) is 2.78. The lowest BCUT2D eigenvalue weighted by Gasteiger charge is -2.33. The van der Waals surface area contributed by atoms with Gasteiger partial charge in [-0.05, 0) is 29.6 Å². The molecule has 3 rings (SSSR count). The highest BCUT2D eigenvalue weighted by molar-refractivity contribution is 5.91. The number of likely N-dealkylation sites (tertiary alicyclic amines) is 1. The van der Waals surface area contributed by atoms with Gasteiger partial charge in [0.15, 0.2) is 0 Å². The first-order valence-electron chi connectivity index (χ1n) is 10.1. The van der Waals surface area contributed by atoms with Crippen molar-refractivity contribution in [1.29, 1.82) is 0 Å². The molecular weight excluding hydrogens is 417 g/mol. The summed E-state index contributed by atoms with van der Waals surface area (Å²) in [6.45, 7) is 9.92. The Balaban J connectivity index is 0.00000210. The molecule has 0 bridgehead atoms. The molecule has 0 aromatic heterocycles. The average Bonchev–Trinajstić information content (AvgIpc) is 3.03. The molecule has 29 heavy (non-hydrogen) atoms. The van der Waals surface area contributed by atoms with E-state index in [4.69, 9.17) is 5.73 Å². The summed E-state index contributed by atoms with van der Waals surface area (Å²) in [6.07, 6.45) is 1.58. The summed E-state index contributed by atoms with van der Waals surface area (Å²) in [5.41, 5.74) is 11.8. The summed E-state index contributed by atoms with van der Waals surface area (Å²) >= 11 is 0. The molecule has 2 saturated heterocycles. The number of rotatable bonds is 7. The van der Waals surface area contributed by atoms with Crippen molar-refractivity contribution in [2.75, 3.05) is 19.6 Å². The Hall–Kier alpha value is -1.09. The van der Waals surface area contributed by atoms with E-state index >= 15 is 0 Å². The molecule has 8 nitrogen and oxygen atoms in total. The fourth-order valence-corrected chi connectivity index (χ4v) is 4.68. The van der Waals surface area contributed by atoms with Gasteiger partial charge in [0, 0.05) is 19.6 Å². The number of halogens is 2. The third-order valence-corrected chi connectivity index (χ3v) is 7.03. The van der Waals surface area contributed by atoms with Gasteiger partial charge >= 0.3 is 0 Å². The van der Waals surface area contributed by atoms with Crippen LogP contribution in [0.2, 0.25) is 0 Å². The van der Waals surface area contributed by atoms with Crippen LogP contribution in [-0.4, -0.2) is 54.3 Å². The molecular formula is C19H35Cl2N5O3. The molecule has 2 aliphatic heterocycles. The molecule has 3 aliphatic rings. The number of carbonyl (C=O) groups excluding carboxylic acids is 3. The molecule has 2 heterocycles. The van der Waals surface area contributed by atoms with E-state index in [-0.39, 0.29) is 65.7 Å².